The molecule has 0 saturated heterocycles. The number of alkyl halides is 6. The normalized spacial score (nSPS) is 19.4. The molecular formula is C22H22F7N3O. The molecule has 0 radical (unpaired) electrons. The molecule has 11 heteroatoms. The summed E-state index contributed by atoms with van der Waals surface area (Å²) in [5.74, 6) is -1.49. The second-order valence-corrected chi connectivity index (χ2v) is 8.06. The van der Waals surface area contributed by atoms with Crippen LogP contribution in [0, 0.1) is 11.9 Å². The smallest absolute Gasteiger partial charge is 0.352 e. The molecule has 1 aliphatic carbocycles. The number of benzene rings is 1. The van der Waals surface area contributed by atoms with Gasteiger partial charge in [0, 0.05) is 36.5 Å². The van der Waals surface area contributed by atoms with Crippen LogP contribution >= 0.6 is 0 Å². The quantitative estimate of drug-likeness (QED) is 0.437. The first kappa shape index (κ1) is 24.9. The second kappa shape index (κ2) is 10.1. The fourth-order valence-corrected chi connectivity index (χ4v) is 3.80. The number of hydrogen-bond acceptors (Lipinski definition) is 3. The zero-order valence-electron chi connectivity index (χ0n) is 17.4. The largest absolute Gasteiger partial charge is 0.416 e. The molecule has 0 unspecified atom stereocenters. The third-order valence-corrected chi connectivity index (χ3v) is 5.67. The zero-order valence-corrected chi connectivity index (χ0v) is 17.4. The van der Waals surface area contributed by atoms with E-state index < -0.39 is 40.9 Å². The number of nitrogens with zero attached hydrogens (tertiary/aromatic N) is 1. The van der Waals surface area contributed by atoms with Crippen LogP contribution in [0.1, 0.15) is 52.7 Å². The molecule has 0 aliphatic heterocycles. The highest BCUT2D eigenvalue weighted by atomic mass is 19.4. The molecule has 1 fully saturated rings. The van der Waals surface area contributed by atoms with Gasteiger partial charge < -0.3 is 10.6 Å². The summed E-state index contributed by atoms with van der Waals surface area (Å²) >= 11 is 0. The maximum Gasteiger partial charge on any atom is 0.416 e. The summed E-state index contributed by atoms with van der Waals surface area (Å²) in [6, 6.07) is 4.24. The Labute approximate surface area is 185 Å². The molecule has 180 valence electrons. The number of carbonyl (C=O) groups excluding carboxylic acids is 1. The van der Waals surface area contributed by atoms with Crippen molar-refractivity contribution in [2.45, 2.75) is 50.6 Å². The van der Waals surface area contributed by atoms with Gasteiger partial charge in [0.05, 0.1) is 11.1 Å². The van der Waals surface area contributed by atoms with E-state index in [2.05, 4.69) is 15.6 Å². The van der Waals surface area contributed by atoms with Crippen molar-refractivity contribution in [3.05, 3.63) is 64.7 Å². The minimum atomic E-state index is -5.01. The number of pyridine rings is 1. The van der Waals surface area contributed by atoms with Gasteiger partial charge in [-0.15, -0.1) is 0 Å². The van der Waals surface area contributed by atoms with Gasteiger partial charge in [0.25, 0.3) is 5.91 Å². The van der Waals surface area contributed by atoms with Gasteiger partial charge in [-0.1, -0.05) is 6.07 Å². The fourth-order valence-electron chi connectivity index (χ4n) is 3.80. The van der Waals surface area contributed by atoms with Gasteiger partial charge in [0.1, 0.15) is 0 Å². The molecular weight excluding hydrogens is 455 g/mol. The maximum absolute atomic E-state index is 13.6. The van der Waals surface area contributed by atoms with E-state index in [0.717, 1.165) is 12.8 Å². The standard InChI is InChI=1S/C22H22F7N3O/c23-19-14(2-1-7-30-19)12-31-18-5-3-13(4-6-18)11-32-20(33)15-8-16(21(24,25)26)10-17(9-15)22(27,28)29/h1-2,7-10,13,18,31H,3-6,11-12H2,(H,32,33). The van der Waals surface area contributed by atoms with E-state index >= 15 is 0 Å². The molecule has 0 spiro atoms. The second-order valence-electron chi connectivity index (χ2n) is 8.06. The van der Waals surface area contributed by atoms with Crippen LogP contribution in [0.2, 0.25) is 0 Å². The Morgan fingerprint density at radius 2 is 1.58 bits per heavy atom. The van der Waals surface area contributed by atoms with Crippen molar-refractivity contribution in [3.8, 4) is 0 Å². The number of amides is 1. The molecule has 33 heavy (non-hydrogen) atoms. The lowest BCUT2D eigenvalue weighted by Crippen LogP contribution is -2.37. The van der Waals surface area contributed by atoms with Crippen LogP contribution in [0.4, 0.5) is 30.7 Å². The van der Waals surface area contributed by atoms with Crippen LogP contribution in [-0.2, 0) is 18.9 Å². The summed E-state index contributed by atoms with van der Waals surface area (Å²) in [7, 11) is 0. The first-order valence-electron chi connectivity index (χ1n) is 10.3. The molecule has 4 nitrogen and oxygen atoms in total. The number of halogens is 7. The van der Waals surface area contributed by atoms with Crippen LogP contribution in [-0.4, -0.2) is 23.5 Å². The summed E-state index contributed by atoms with van der Waals surface area (Å²) in [5.41, 5.74) is -3.30. The Morgan fingerprint density at radius 3 is 2.12 bits per heavy atom. The lowest BCUT2D eigenvalue weighted by atomic mass is 9.86. The molecule has 0 atom stereocenters. The summed E-state index contributed by atoms with van der Waals surface area (Å²) in [4.78, 5) is 15.9. The highest BCUT2D eigenvalue weighted by Crippen LogP contribution is 2.36. The van der Waals surface area contributed by atoms with Gasteiger partial charge in [0.2, 0.25) is 5.95 Å². The Hall–Kier alpha value is -2.69. The Bertz CT molecular complexity index is 935. The number of carbonyl (C=O) groups is 1. The van der Waals surface area contributed by atoms with E-state index in [4.69, 9.17) is 0 Å². The van der Waals surface area contributed by atoms with Crippen molar-refractivity contribution in [3.63, 3.8) is 0 Å². The topological polar surface area (TPSA) is 54.0 Å². The summed E-state index contributed by atoms with van der Waals surface area (Å²) in [5, 5.41) is 5.70. The van der Waals surface area contributed by atoms with Crippen molar-refractivity contribution in [1.82, 2.24) is 15.6 Å². The van der Waals surface area contributed by atoms with E-state index in [1.165, 1.54) is 6.20 Å². The number of rotatable bonds is 6. The molecule has 2 N–H and O–H groups in total. The van der Waals surface area contributed by atoms with E-state index in [9.17, 15) is 35.5 Å². The van der Waals surface area contributed by atoms with Gasteiger partial charge in [-0.3, -0.25) is 4.79 Å². The first-order valence-corrected chi connectivity index (χ1v) is 10.3. The average Bonchev–Trinajstić information content (AvgIpc) is 2.76. The summed E-state index contributed by atoms with van der Waals surface area (Å²) in [6.07, 6.45) is -5.79. The minimum absolute atomic E-state index is 0.0115. The Morgan fingerprint density at radius 1 is 0.970 bits per heavy atom. The van der Waals surface area contributed by atoms with Crippen LogP contribution in [0.3, 0.4) is 0 Å². The first-order chi connectivity index (χ1) is 15.4. The molecule has 1 aromatic heterocycles. The maximum atomic E-state index is 13.6. The molecule has 0 bridgehead atoms. The average molecular weight is 477 g/mol. The molecule has 2 aromatic rings. The molecule has 1 heterocycles. The van der Waals surface area contributed by atoms with Gasteiger partial charge >= 0.3 is 12.4 Å². The van der Waals surface area contributed by atoms with Gasteiger partial charge in [-0.2, -0.15) is 30.7 Å². The van der Waals surface area contributed by atoms with Gasteiger partial charge in [-0.05, 0) is 55.9 Å². The third-order valence-electron chi connectivity index (χ3n) is 5.67. The summed E-state index contributed by atoms with van der Waals surface area (Å²) < 4.78 is 91.4. The molecule has 3 rings (SSSR count). The predicted octanol–water partition coefficient (Wildman–Crippen LogP) is 5.34. The van der Waals surface area contributed by atoms with Gasteiger partial charge in [0.15, 0.2) is 0 Å². The summed E-state index contributed by atoms with van der Waals surface area (Å²) in [6.45, 7) is 0.462. The van der Waals surface area contributed by atoms with Crippen LogP contribution in [0.15, 0.2) is 36.5 Å². The number of nitrogens with one attached hydrogen (secondary N) is 2. The monoisotopic (exact) mass is 477 g/mol. The van der Waals surface area contributed by atoms with Crippen molar-refractivity contribution in [2.24, 2.45) is 5.92 Å². The zero-order chi connectivity index (χ0) is 24.2. The van der Waals surface area contributed by atoms with E-state index in [1.54, 1.807) is 12.1 Å². The van der Waals surface area contributed by atoms with Crippen molar-refractivity contribution in [1.29, 1.82) is 0 Å². The third kappa shape index (κ3) is 6.89. The Kier molecular flexibility index (Phi) is 7.61. The van der Waals surface area contributed by atoms with Crippen LogP contribution < -0.4 is 10.6 Å². The predicted molar refractivity (Wildman–Crippen MR) is 106 cm³/mol. The molecule has 1 amide bonds. The van der Waals surface area contributed by atoms with Crippen LogP contribution in [0.25, 0.3) is 0 Å². The SMILES string of the molecule is O=C(NCC1CCC(NCc2cccnc2F)CC1)c1cc(C(F)(F)F)cc(C(F)(F)F)c1. The number of aromatic nitrogens is 1. The highest BCUT2D eigenvalue weighted by molar-refractivity contribution is 5.94. The minimum Gasteiger partial charge on any atom is -0.352 e. The molecule has 1 aromatic carbocycles. The van der Waals surface area contributed by atoms with Gasteiger partial charge in [-0.25, -0.2) is 4.98 Å². The Balaban J connectivity index is 1.53. The van der Waals surface area contributed by atoms with Crippen molar-refractivity contribution >= 4 is 5.91 Å². The fraction of sp³-hybridized carbons (Fsp3) is 0.455. The highest BCUT2D eigenvalue weighted by Gasteiger charge is 2.37. The molecule has 1 aliphatic rings. The van der Waals surface area contributed by atoms with Crippen molar-refractivity contribution in [2.75, 3.05) is 6.54 Å². The lowest BCUT2D eigenvalue weighted by molar-refractivity contribution is -0.143. The lowest BCUT2D eigenvalue weighted by Gasteiger charge is -2.29. The number of hydrogen-bond donors (Lipinski definition) is 2. The van der Waals surface area contributed by atoms with E-state index in [0.29, 0.717) is 37.1 Å². The van der Waals surface area contributed by atoms with E-state index in [-0.39, 0.29) is 24.6 Å². The molecule has 1 saturated carbocycles. The van der Waals surface area contributed by atoms with Crippen LogP contribution in [0.5, 0.6) is 0 Å². The van der Waals surface area contributed by atoms with Crippen molar-refractivity contribution < 1.29 is 35.5 Å². The van der Waals surface area contributed by atoms with E-state index in [1.807, 2.05) is 0 Å².